The molecule has 1 amide bonds. The Bertz CT molecular complexity index is 827. The van der Waals surface area contributed by atoms with Gasteiger partial charge in [-0.25, -0.2) is 9.78 Å². The van der Waals surface area contributed by atoms with E-state index in [1.54, 1.807) is 24.5 Å². The molecule has 1 unspecified atom stereocenters. The lowest BCUT2D eigenvalue weighted by atomic mass is 9.91. The fourth-order valence-corrected chi connectivity index (χ4v) is 4.12. The highest BCUT2D eigenvalue weighted by atomic mass is 32.1. The molecule has 2 aromatic heterocycles. The number of carbonyl (C=O) groups excluding carboxylic acids is 1. The maximum atomic E-state index is 11.4. The van der Waals surface area contributed by atoms with Crippen LogP contribution in [0.4, 0.5) is 10.5 Å². The molecule has 3 heterocycles. The summed E-state index contributed by atoms with van der Waals surface area (Å²) >= 11 is 1.65. The number of pyridine rings is 1. The Morgan fingerprint density at radius 1 is 1.50 bits per heavy atom. The van der Waals surface area contributed by atoms with Crippen LogP contribution in [-0.4, -0.2) is 31.3 Å². The quantitative estimate of drug-likeness (QED) is 0.870. The van der Waals surface area contributed by atoms with Crippen LogP contribution >= 0.6 is 11.3 Å². The Morgan fingerprint density at radius 3 is 2.96 bits per heavy atom. The zero-order chi connectivity index (χ0) is 18.7. The highest BCUT2D eigenvalue weighted by Crippen LogP contribution is 2.44. The molecule has 1 aliphatic rings. The molecule has 0 saturated carbocycles. The number of thiophene rings is 1. The summed E-state index contributed by atoms with van der Waals surface area (Å²) in [7, 11) is 1.55. The third-order valence-corrected chi connectivity index (χ3v) is 5.34. The molecule has 0 fully saturated rings. The minimum Gasteiger partial charge on any atom is -0.449 e. The van der Waals surface area contributed by atoms with Crippen LogP contribution in [0.3, 0.4) is 0 Å². The summed E-state index contributed by atoms with van der Waals surface area (Å²) in [6.45, 7) is 5.41. The molecule has 0 radical (unpaired) electrons. The minimum absolute atomic E-state index is 0.0844. The molecule has 136 valence electrons. The first-order valence-corrected chi connectivity index (χ1v) is 9.45. The van der Waals surface area contributed by atoms with Gasteiger partial charge in [-0.2, -0.15) is 16.6 Å². The van der Waals surface area contributed by atoms with Gasteiger partial charge < -0.3 is 15.0 Å². The number of amides is 1. The van der Waals surface area contributed by atoms with Crippen molar-refractivity contribution in [1.82, 2.24) is 10.3 Å². The fraction of sp³-hybridized carbons (Fsp3) is 0.421. The summed E-state index contributed by atoms with van der Waals surface area (Å²) in [4.78, 5) is 18.3. The number of ether oxygens (including phenoxy) is 1. The number of hydrogen-bond donors (Lipinski definition) is 1. The van der Waals surface area contributed by atoms with E-state index in [9.17, 15) is 10.1 Å². The Balaban J connectivity index is 1.91. The second-order valence-electron chi connectivity index (χ2n) is 6.93. The zero-order valence-electron chi connectivity index (χ0n) is 15.2. The van der Waals surface area contributed by atoms with Crippen LogP contribution in [0.2, 0.25) is 0 Å². The number of hydrogen-bond acceptors (Lipinski definition) is 6. The van der Waals surface area contributed by atoms with E-state index in [0.717, 1.165) is 17.9 Å². The van der Waals surface area contributed by atoms with Gasteiger partial charge in [0.25, 0.3) is 0 Å². The van der Waals surface area contributed by atoms with E-state index in [2.05, 4.69) is 51.9 Å². The van der Waals surface area contributed by atoms with Crippen molar-refractivity contribution in [1.29, 1.82) is 5.26 Å². The van der Waals surface area contributed by atoms with Gasteiger partial charge in [0.05, 0.1) is 24.0 Å². The Kier molecular flexibility index (Phi) is 5.14. The van der Waals surface area contributed by atoms with Crippen LogP contribution in [-0.2, 0) is 10.2 Å². The monoisotopic (exact) mass is 370 g/mol. The van der Waals surface area contributed by atoms with E-state index in [1.807, 2.05) is 6.07 Å². The maximum absolute atomic E-state index is 11.4. The number of nitrogens with one attached hydrogen (secondary N) is 1. The summed E-state index contributed by atoms with van der Waals surface area (Å²) in [5.41, 5.74) is 3.48. The third-order valence-electron chi connectivity index (χ3n) is 4.64. The Labute approximate surface area is 157 Å². The second-order valence-corrected chi connectivity index (χ2v) is 7.71. The highest BCUT2D eigenvalue weighted by Gasteiger charge is 2.40. The molecule has 7 heteroatoms. The fourth-order valence-electron chi connectivity index (χ4n) is 3.41. The number of fused-ring (bicyclic) bond motifs is 1. The van der Waals surface area contributed by atoms with Gasteiger partial charge in [-0.05, 0) is 34.5 Å². The smallest absolute Gasteiger partial charge is 0.406 e. The number of nitriles is 1. The van der Waals surface area contributed by atoms with Crippen molar-refractivity contribution in [3.8, 4) is 6.07 Å². The van der Waals surface area contributed by atoms with E-state index in [1.165, 1.54) is 5.56 Å². The lowest BCUT2D eigenvalue weighted by molar-refractivity contribution is 0.144. The van der Waals surface area contributed by atoms with E-state index < -0.39 is 6.09 Å². The first-order chi connectivity index (χ1) is 12.5. The van der Waals surface area contributed by atoms with E-state index in [0.29, 0.717) is 18.7 Å². The normalized spacial score (nSPS) is 15.8. The molecule has 3 rings (SSSR count). The number of alkyl carbamates (subject to hydrolysis) is 1. The standard InChI is InChI=1S/C19H22N4O2S/c1-19(2)12-23(16-5-4-14(10-20)22-17(16)19)15(13-7-9-26-11-13)6-8-25-18(24)21-3/h4-5,7,9,11,15H,6,8,12H2,1-3H3,(H,21,24). The second kappa shape index (κ2) is 7.34. The van der Waals surface area contributed by atoms with Crippen molar-refractivity contribution >= 4 is 23.1 Å². The predicted octanol–water partition coefficient (Wildman–Crippen LogP) is 3.60. The predicted molar refractivity (Wildman–Crippen MR) is 101 cm³/mol. The summed E-state index contributed by atoms with van der Waals surface area (Å²) < 4.78 is 5.22. The van der Waals surface area contributed by atoms with Gasteiger partial charge in [-0.1, -0.05) is 13.8 Å². The average molecular weight is 370 g/mol. The number of anilines is 1. The average Bonchev–Trinajstić information content (AvgIpc) is 3.25. The van der Waals surface area contributed by atoms with Gasteiger partial charge in [0.15, 0.2) is 0 Å². The molecule has 1 atom stereocenters. The molecule has 0 aromatic carbocycles. The Hall–Kier alpha value is -2.59. The Morgan fingerprint density at radius 2 is 2.31 bits per heavy atom. The maximum Gasteiger partial charge on any atom is 0.406 e. The first kappa shape index (κ1) is 18.2. The minimum atomic E-state index is -0.420. The van der Waals surface area contributed by atoms with E-state index in [4.69, 9.17) is 4.74 Å². The summed E-state index contributed by atoms with van der Waals surface area (Å²) in [6, 6.07) is 8.06. The number of aromatic nitrogens is 1. The molecule has 26 heavy (non-hydrogen) atoms. The van der Waals surface area contributed by atoms with Gasteiger partial charge in [0.1, 0.15) is 11.8 Å². The molecule has 0 bridgehead atoms. The van der Waals surface area contributed by atoms with Crippen molar-refractivity contribution in [2.24, 2.45) is 0 Å². The molecule has 1 aliphatic heterocycles. The van der Waals surface area contributed by atoms with Crippen molar-refractivity contribution in [3.05, 3.63) is 45.9 Å². The van der Waals surface area contributed by atoms with Gasteiger partial charge >= 0.3 is 6.09 Å². The van der Waals surface area contributed by atoms with Crippen molar-refractivity contribution in [3.63, 3.8) is 0 Å². The molecule has 1 N–H and O–H groups in total. The number of rotatable bonds is 5. The SMILES string of the molecule is CNC(=O)OCCC(c1ccsc1)N1CC(C)(C)c2nc(C#N)ccc21. The summed E-state index contributed by atoms with van der Waals surface area (Å²) in [5, 5.41) is 15.8. The van der Waals surface area contributed by atoms with Crippen molar-refractivity contribution in [2.75, 3.05) is 25.1 Å². The number of carbonyl (C=O) groups is 1. The van der Waals surface area contributed by atoms with Crippen molar-refractivity contribution < 1.29 is 9.53 Å². The van der Waals surface area contributed by atoms with Crippen LogP contribution in [0.15, 0.2) is 29.0 Å². The summed E-state index contributed by atoms with van der Waals surface area (Å²) in [5.74, 6) is 0. The number of nitrogens with zero attached hydrogens (tertiary/aromatic N) is 3. The molecular formula is C19H22N4O2S. The van der Waals surface area contributed by atoms with Gasteiger partial charge in [-0.15, -0.1) is 0 Å². The van der Waals surface area contributed by atoms with Crippen LogP contribution in [0.5, 0.6) is 0 Å². The zero-order valence-corrected chi connectivity index (χ0v) is 16.0. The molecule has 0 spiro atoms. The lowest BCUT2D eigenvalue weighted by Gasteiger charge is -2.31. The molecule has 2 aromatic rings. The molecule has 0 aliphatic carbocycles. The molecular weight excluding hydrogens is 348 g/mol. The topological polar surface area (TPSA) is 78.2 Å². The van der Waals surface area contributed by atoms with Crippen LogP contribution in [0.25, 0.3) is 0 Å². The van der Waals surface area contributed by atoms with Gasteiger partial charge in [0.2, 0.25) is 0 Å². The van der Waals surface area contributed by atoms with E-state index in [-0.39, 0.29) is 11.5 Å². The summed E-state index contributed by atoms with van der Waals surface area (Å²) in [6.07, 6.45) is 0.260. The third kappa shape index (κ3) is 3.51. The largest absolute Gasteiger partial charge is 0.449 e. The first-order valence-electron chi connectivity index (χ1n) is 8.51. The van der Waals surface area contributed by atoms with Gasteiger partial charge in [-0.3, -0.25) is 0 Å². The molecule has 0 saturated heterocycles. The van der Waals surface area contributed by atoms with Crippen LogP contribution in [0.1, 0.15) is 43.3 Å². The highest BCUT2D eigenvalue weighted by molar-refractivity contribution is 7.08. The van der Waals surface area contributed by atoms with Gasteiger partial charge in [0, 0.05) is 25.4 Å². The van der Waals surface area contributed by atoms with Crippen molar-refractivity contribution in [2.45, 2.75) is 31.7 Å². The van der Waals surface area contributed by atoms with E-state index >= 15 is 0 Å². The van der Waals surface area contributed by atoms with Crippen LogP contribution < -0.4 is 10.2 Å². The lowest BCUT2D eigenvalue weighted by Crippen LogP contribution is -2.33. The molecule has 6 nitrogen and oxygen atoms in total. The van der Waals surface area contributed by atoms with Crippen LogP contribution in [0, 0.1) is 11.3 Å².